The number of halogens is 1. The van der Waals surface area contributed by atoms with Crippen LogP contribution < -0.4 is 15.5 Å². The Balaban J connectivity index is 0.00000294. The van der Waals surface area contributed by atoms with Gasteiger partial charge in [-0.15, -0.1) is 0 Å². The lowest BCUT2D eigenvalue weighted by Crippen LogP contribution is -2.47. The Bertz CT molecular complexity index is 1540. The van der Waals surface area contributed by atoms with Crippen molar-refractivity contribution in [3.63, 3.8) is 0 Å². The zero-order valence-corrected chi connectivity index (χ0v) is 21.2. The standard InChI is InChI=1S/C26H27FN10.H2O/c1-26(28,20-3-5-22(27)6-4-20)21-13-29-25(30-14-21)36-9-7-35(8-10-36)24-23-11-18(16-37(23)33-17-31-24)19-12-32-34(2)15-19;/h3-6,11-17H,7-10,28H2,1-2H3;1H2/t26-;/m0./s1. The fourth-order valence-corrected chi connectivity index (χ4v) is 4.72. The van der Waals surface area contributed by atoms with E-state index in [2.05, 4.69) is 41.0 Å². The molecule has 12 heteroatoms. The molecule has 0 bridgehead atoms. The van der Waals surface area contributed by atoms with Gasteiger partial charge in [-0.25, -0.2) is 23.9 Å². The minimum Gasteiger partial charge on any atom is -0.412 e. The molecule has 5 heterocycles. The number of hydrogen-bond donors (Lipinski definition) is 1. The predicted molar refractivity (Wildman–Crippen MR) is 142 cm³/mol. The van der Waals surface area contributed by atoms with Crippen LogP contribution in [-0.2, 0) is 12.6 Å². The molecule has 0 radical (unpaired) electrons. The van der Waals surface area contributed by atoms with Gasteiger partial charge in [-0.2, -0.15) is 10.2 Å². The normalized spacial score (nSPS) is 15.4. The average molecular weight is 517 g/mol. The van der Waals surface area contributed by atoms with Gasteiger partial charge >= 0.3 is 0 Å². The number of fused-ring (bicyclic) bond motifs is 1. The summed E-state index contributed by atoms with van der Waals surface area (Å²) in [5.74, 6) is 1.27. The molecule has 1 aromatic carbocycles. The third kappa shape index (κ3) is 4.55. The van der Waals surface area contributed by atoms with E-state index in [1.807, 2.05) is 37.1 Å². The first-order valence-electron chi connectivity index (χ1n) is 12.1. The Morgan fingerprint density at radius 2 is 1.53 bits per heavy atom. The molecule has 1 atom stereocenters. The van der Waals surface area contributed by atoms with E-state index < -0.39 is 5.54 Å². The van der Waals surface area contributed by atoms with E-state index in [9.17, 15) is 4.39 Å². The first-order chi connectivity index (χ1) is 17.9. The van der Waals surface area contributed by atoms with Crippen LogP contribution >= 0.6 is 0 Å². The van der Waals surface area contributed by atoms with Crippen LogP contribution in [0.1, 0.15) is 18.1 Å². The minimum atomic E-state index is -0.824. The molecular weight excluding hydrogens is 487 g/mol. The lowest BCUT2D eigenvalue weighted by molar-refractivity contribution is 0.585. The molecule has 0 saturated carbocycles. The Labute approximate surface area is 218 Å². The van der Waals surface area contributed by atoms with Crippen molar-refractivity contribution in [1.82, 2.24) is 34.3 Å². The van der Waals surface area contributed by atoms with Crippen LogP contribution in [-0.4, -0.2) is 66.0 Å². The number of aryl methyl sites for hydroxylation is 1. The summed E-state index contributed by atoms with van der Waals surface area (Å²) in [5, 5.41) is 8.67. The molecule has 0 aliphatic carbocycles. The monoisotopic (exact) mass is 516 g/mol. The van der Waals surface area contributed by atoms with E-state index in [0.717, 1.165) is 59.8 Å². The van der Waals surface area contributed by atoms with Gasteiger partial charge in [-0.05, 0) is 30.7 Å². The first-order valence-corrected chi connectivity index (χ1v) is 12.1. The lowest BCUT2D eigenvalue weighted by atomic mass is 9.87. The molecule has 0 amide bonds. The molecule has 4 N–H and O–H groups in total. The van der Waals surface area contributed by atoms with Crippen LogP contribution in [0.25, 0.3) is 16.6 Å². The van der Waals surface area contributed by atoms with Crippen LogP contribution in [0.2, 0.25) is 0 Å². The van der Waals surface area contributed by atoms with Crippen molar-refractivity contribution >= 4 is 17.3 Å². The summed E-state index contributed by atoms with van der Waals surface area (Å²) < 4.78 is 17.0. The van der Waals surface area contributed by atoms with E-state index >= 15 is 0 Å². The second-order valence-electron chi connectivity index (χ2n) is 9.50. The first kappa shape index (κ1) is 25.2. The van der Waals surface area contributed by atoms with E-state index in [1.165, 1.54) is 12.1 Å². The highest BCUT2D eigenvalue weighted by molar-refractivity contribution is 5.77. The highest BCUT2D eigenvalue weighted by atomic mass is 19.1. The Hall–Kier alpha value is -4.42. The number of benzene rings is 1. The van der Waals surface area contributed by atoms with Crippen molar-refractivity contribution in [2.24, 2.45) is 12.8 Å². The largest absolute Gasteiger partial charge is 0.412 e. The van der Waals surface area contributed by atoms with Crippen molar-refractivity contribution in [2.45, 2.75) is 12.5 Å². The van der Waals surface area contributed by atoms with Gasteiger partial charge < -0.3 is 21.0 Å². The molecule has 196 valence electrons. The van der Waals surface area contributed by atoms with E-state index in [1.54, 1.807) is 35.5 Å². The van der Waals surface area contributed by atoms with Gasteiger partial charge in [-0.1, -0.05) is 12.1 Å². The maximum Gasteiger partial charge on any atom is 0.225 e. The lowest BCUT2D eigenvalue weighted by Gasteiger charge is -2.35. The molecule has 5 aromatic rings. The summed E-state index contributed by atoms with van der Waals surface area (Å²) in [4.78, 5) is 18.2. The fourth-order valence-electron chi connectivity index (χ4n) is 4.72. The molecular formula is C26H29FN10O. The molecule has 38 heavy (non-hydrogen) atoms. The molecule has 1 saturated heterocycles. The van der Waals surface area contributed by atoms with Crippen molar-refractivity contribution in [3.05, 3.63) is 84.6 Å². The third-order valence-electron chi connectivity index (χ3n) is 6.97. The molecule has 6 rings (SSSR count). The zero-order chi connectivity index (χ0) is 25.6. The Morgan fingerprint density at radius 1 is 0.842 bits per heavy atom. The number of nitrogens with two attached hydrogens (primary N) is 1. The van der Waals surface area contributed by atoms with E-state index in [-0.39, 0.29) is 11.3 Å². The zero-order valence-electron chi connectivity index (χ0n) is 21.2. The molecule has 1 aliphatic heterocycles. The second kappa shape index (κ2) is 9.80. The SMILES string of the molecule is Cn1cc(-c2cc3c(N4CCN(c5ncc([C@@](C)(N)c6ccc(F)cc6)cn5)CC4)ncnn3c2)cn1.O. The summed E-state index contributed by atoms with van der Waals surface area (Å²) in [6.45, 7) is 4.93. The number of hydrogen-bond acceptors (Lipinski definition) is 8. The van der Waals surface area contributed by atoms with Gasteiger partial charge in [0.05, 0.1) is 11.7 Å². The number of aromatic nitrogens is 7. The number of anilines is 2. The smallest absolute Gasteiger partial charge is 0.225 e. The van der Waals surface area contributed by atoms with Crippen LogP contribution in [0.4, 0.5) is 16.2 Å². The van der Waals surface area contributed by atoms with Gasteiger partial charge in [0.25, 0.3) is 0 Å². The molecule has 4 aromatic heterocycles. The number of rotatable bonds is 5. The summed E-state index contributed by atoms with van der Waals surface area (Å²) in [6, 6.07) is 8.31. The quantitative estimate of drug-likeness (QED) is 0.373. The van der Waals surface area contributed by atoms with Crippen molar-refractivity contribution < 1.29 is 9.87 Å². The van der Waals surface area contributed by atoms with Crippen molar-refractivity contribution in [2.75, 3.05) is 36.0 Å². The van der Waals surface area contributed by atoms with Gasteiger partial charge in [0, 0.05) is 74.7 Å². The predicted octanol–water partition coefficient (Wildman–Crippen LogP) is 1.78. The van der Waals surface area contributed by atoms with Gasteiger partial charge in [0.2, 0.25) is 5.95 Å². The van der Waals surface area contributed by atoms with Crippen LogP contribution in [0.5, 0.6) is 0 Å². The summed E-state index contributed by atoms with van der Waals surface area (Å²) in [5.41, 5.74) is 10.4. The van der Waals surface area contributed by atoms with Crippen LogP contribution in [0.3, 0.4) is 0 Å². The number of nitrogens with zero attached hydrogens (tertiary/aromatic N) is 9. The third-order valence-corrected chi connectivity index (χ3v) is 6.97. The van der Waals surface area contributed by atoms with E-state index in [4.69, 9.17) is 5.73 Å². The van der Waals surface area contributed by atoms with Gasteiger partial charge in [0.15, 0.2) is 5.82 Å². The van der Waals surface area contributed by atoms with Crippen LogP contribution in [0.15, 0.2) is 67.6 Å². The van der Waals surface area contributed by atoms with Gasteiger partial charge in [0.1, 0.15) is 17.7 Å². The number of piperazine rings is 1. The molecule has 0 spiro atoms. The second-order valence-corrected chi connectivity index (χ2v) is 9.50. The Kier molecular flexibility index (Phi) is 6.51. The maximum atomic E-state index is 13.3. The Morgan fingerprint density at radius 3 is 2.18 bits per heavy atom. The average Bonchev–Trinajstić information content (AvgIpc) is 3.55. The minimum absolute atomic E-state index is 0. The molecule has 1 aliphatic rings. The highest BCUT2D eigenvalue weighted by Crippen LogP contribution is 2.29. The molecule has 1 fully saturated rings. The van der Waals surface area contributed by atoms with Crippen molar-refractivity contribution in [1.29, 1.82) is 0 Å². The molecule has 11 nitrogen and oxygen atoms in total. The molecule has 0 unspecified atom stereocenters. The topological polar surface area (TPSA) is 138 Å². The fraction of sp³-hybridized carbons (Fsp3) is 0.269. The van der Waals surface area contributed by atoms with E-state index in [0.29, 0.717) is 5.95 Å². The van der Waals surface area contributed by atoms with Crippen molar-refractivity contribution in [3.8, 4) is 11.1 Å². The maximum absolute atomic E-state index is 13.3. The van der Waals surface area contributed by atoms with Crippen LogP contribution in [0, 0.1) is 5.82 Å². The van der Waals surface area contributed by atoms with Gasteiger partial charge in [-0.3, -0.25) is 4.68 Å². The summed E-state index contributed by atoms with van der Waals surface area (Å²) in [6.07, 6.45) is 10.9. The summed E-state index contributed by atoms with van der Waals surface area (Å²) in [7, 11) is 1.90. The summed E-state index contributed by atoms with van der Waals surface area (Å²) >= 11 is 0. The highest BCUT2D eigenvalue weighted by Gasteiger charge is 2.26.